The Morgan fingerprint density at radius 3 is 2.15 bits per heavy atom. The van der Waals surface area contributed by atoms with Crippen LogP contribution < -0.4 is 5.32 Å². The first-order valence-corrected chi connectivity index (χ1v) is 16.5. The number of aliphatic hydroxyl groups is 1. The number of halogens is 5. The molecule has 2 N–H and O–H groups in total. The number of rotatable bonds is 9. The number of fused-ring (bicyclic) bond motifs is 1. The van der Waals surface area contributed by atoms with Crippen LogP contribution in [0.3, 0.4) is 0 Å². The molecule has 0 spiro atoms. The highest BCUT2D eigenvalue weighted by atomic mass is 19.2. The number of aromatic nitrogens is 2. The van der Waals surface area contributed by atoms with E-state index >= 15 is 0 Å². The maximum Gasteiger partial charge on any atom is 0.257 e. The summed E-state index contributed by atoms with van der Waals surface area (Å²) in [4.78, 5) is 17.0. The lowest BCUT2D eigenvalue weighted by molar-refractivity contribution is -0.276. The van der Waals surface area contributed by atoms with Crippen LogP contribution in [0.2, 0.25) is 0 Å². The van der Waals surface area contributed by atoms with Gasteiger partial charge in [-0.3, -0.25) is 4.79 Å². The van der Waals surface area contributed by atoms with E-state index in [4.69, 9.17) is 9.47 Å². The van der Waals surface area contributed by atoms with E-state index in [0.29, 0.717) is 12.1 Å². The van der Waals surface area contributed by atoms with Crippen molar-refractivity contribution in [1.82, 2.24) is 14.9 Å². The number of hydrogen-bond donors (Lipinski definition) is 2. The first-order chi connectivity index (χ1) is 25.1. The molecule has 1 aromatic heterocycles. The van der Waals surface area contributed by atoms with Gasteiger partial charge in [0.15, 0.2) is 29.6 Å². The average Bonchev–Trinajstić information content (AvgIpc) is 3.59. The molecule has 1 fully saturated rings. The third-order valence-electron chi connectivity index (χ3n) is 9.36. The molecule has 266 valence electrons. The fraction of sp³-hybridized carbons (Fsp3) is 0.200. The maximum atomic E-state index is 14.1. The van der Waals surface area contributed by atoms with Crippen molar-refractivity contribution in [2.45, 2.75) is 45.1 Å². The molecule has 0 radical (unpaired) electrons. The predicted molar refractivity (Wildman–Crippen MR) is 182 cm³/mol. The molecular weight excluding hydrogens is 681 g/mol. The van der Waals surface area contributed by atoms with Gasteiger partial charge >= 0.3 is 0 Å². The van der Waals surface area contributed by atoms with Crippen LogP contribution >= 0.6 is 0 Å². The molecule has 0 bridgehead atoms. The Labute approximate surface area is 295 Å². The topological polar surface area (TPSA) is 85.6 Å². The molecular formula is C40H32F5N3O4. The summed E-state index contributed by atoms with van der Waals surface area (Å²) in [5.41, 5.74) is 4.95. The number of para-hydroxylation sites is 2. The van der Waals surface area contributed by atoms with Crippen molar-refractivity contribution in [1.29, 1.82) is 0 Å². The normalized spacial score (nSPS) is 18.8. The lowest BCUT2D eigenvalue weighted by atomic mass is 9.90. The summed E-state index contributed by atoms with van der Waals surface area (Å²) in [5.74, 6) is -12.6. The molecule has 1 saturated heterocycles. The summed E-state index contributed by atoms with van der Waals surface area (Å²) < 4.78 is 84.3. The second-order valence-electron chi connectivity index (χ2n) is 12.7. The predicted octanol–water partition coefficient (Wildman–Crippen LogP) is 8.31. The van der Waals surface area contributed by atoms with Crippen LogP contribution in [0.15, 0.2) is 103 Å². The van der Waals surface area contributed by atoms with Crippen molar-refractivity contribution in [3.05, 3.63) is 160 Å². The largest absolute Gasteiger partial charge is 0.392 e. The highest BCUT2D eigenvalue weighted by Crippen LogP contribution is 2.42. The fourth-order valence-corrected chi connectivity index (χ4v) is 6.45. The second kappa shape index (κ2) is 14.7. The minimum atomic E-state index is -2.34. The van der Waals surface area contributed by atoms with Crippen LogP contribution in [0.1, 0.15) is 51.9 Å². The van der Waals surface area contributed by atoms with Crippen molar-refractivity contribution in [2.75, 3.05) is 0 Å². The number of ether oxygens (including phenoxy) is 2. The zero-order chi connectivity index (χ0) is 36.5. The van der Waals surface area contributed by atoms with Gasteiger partial charge in [-0.05, 0) is 46.0 Å². The van der Waals surface area contributed by atoms with Gasteiger partial charge in [0.2, 0.25) is 5.82 Å². The fourth-order valence-electron chi connectivity index (χ4n) is 6.45. The summed E-state index contributed by atoms with van der Waals surface area (Å²) in [6, 6.07) is 30.1. The van der Waals surface area contributed by atoms with E-state index in [1.54, 1.807) is 18.2 Å². The number of nitrogens with zero attached hydrogens (tertiary/aromatic N) is 2. The van der Waals surface area contributed by atoms with E-state index < -0.39 is 46.8 Å². The number of carbonyl (C=O) groups excluding carboxylic acids is 1. The molecule has 2 heterocycles. The Morgan fingerprint density at radius 2 is 1.44 bits per heavy atom. The molecule has 5 aromatic carbocycles. The third-order valence-corrected chi connectivity index (χ3v) is 9.36. The molecule has 1 aliphatic rings. The first kappa shape index (κ1) is 35.0. The number of imidazole rings is 1. The summed E-state index contributed by atoms with van der Waals surface area (Å²) in [7, 11) is 0. The minimum absolute atomic E-state index is 0.0472. The van der Waals surface area contributed by atoms with Crippen LogP contribution in [0.5, 0.6) is 0 Å². The molecule has 52 heavy (non-hydrogen) atoms. The number of nitrogens with one attached hydrogen (secondary N) is 1. The molecule has 0 unspecified atom stereocenters. The van der Waals surface area contributed by atoms with Crippen LogP contribution in [0.25, 0.3) is 22.2 Å². The molecule has 7 rings (SSSR count). The number of carbonyl (C=O) groups is 1. The number of hydrogen-bond acceptors (Lipinski definition) is 5. The van der Waals surface area contributed by atoms with E-state index in [-0.39, 0.29) is 31.3 Å². The summed E-state index contributed by atoms with van der Waals surface area (Å²) >= 11 is 0. The second-order valence-corrected chi connectivity index (χ2v) is 12.7. The zero-order valence-corrected chi connectivity index (χ0v) is 27.7. The zero-order valence-electron chi connectivity index (χ0n) is 27.7. The van der Waals surface area contributed by atoms with Gasteiger partial charge < -0.3 is 24.5 Å². The van der Waals surface area contributed by atoms with E-state index in [1.165, 1.54) is 0 Å². The first-order valence-electron chi connectivity index (χ1n) is 16.5. The van der Waals surface area contributed by atoms with Crippen molar-refractivity contribution in [3.8, 4) is 11.1 Å². The Hall–Kier alpha value is -5.43. The van der Waals surface area contributed by atoms with Gasteiger partial charge in [-0.2, -0.15) is 0 Å². The van der Waals surface area contributed by atoms with E-state index in [2.05, 4.69) is 21.8 Å². The quantitative estimate of drug-likeness (QED) is 0.0895. The molecule has 6 aromatic rings. The standard InChI is InChI=1S/C40H32F5N3O4/c1-22-31(19-48-21-47-29-7-2-3-8-30(29)48)51-40(52-38(22)26-11-9-23(20-49)10-12-26)27-15-13-25(14-16-27)28-6-4-5-24(17-28)18-46-39(50)32-33(41)35(43)37(45)36(44)34(32)42/h2-17,21-22,31,38,40,49H,18-20H2,1H3,(H,46,50)/t22-,31+,38+,40+/m1/s1. The molecule has 12 heteroatoms. The molecule has 0 saturated carbocycles. The number of benzene rings is 5. The van der Waals surface area contributed by atoms with Gasteiger partial charge in [-0.1, -0.05) is 85.8 Å². The van der Waals surface area contributed by atoms with E-state index in [0.717, 1.165) is 38.9 Å². The third kappa shape index (κ3) is 6.80. The Kier molecular flexibility index (Phi) is 9.87. The van der Waals surface area contributed by atoms with Crippen molar-refractivity contribution in [3.63, 3.8) is 0 Å². The number of amides is 1. The highest BCUT2D eigenvalue weighted by molar-refractivity contribution is 5.94. The van der Waals surface area contributed by atoms with Crippen molar-refractivity contribution in [2.24, 2.45) is 5.92 Å². The van der Waals surface area contributed by atoms with Gasteiger partial charge in [0.1, 0.15) is 5.56 Å². The summed E-state index contributed by atoms with van der Waals surface area (Å²) in [5, 5.41) is 11.8. The highest BCUT2D eigenvalue weighted by Gasteiger charge is 2.39. The Bertz CT molecular complexity index is 2210. The van der Waals surface area contributed by atoms with Crippen molar-refractivity contribution >= 4 is 16.9 Å². The maximum absolute atomic E-state index is 14.1. The summed E-state index contributed by atoms with van der Waals surface area (Å²) in [6.45, 7) is 2.33. The monoisotopic (exact) mass is 713 g/mol. The van der Waals surface area contributed by atoms with Crippen LogP contribution in [-0.2, 0) is 29.2 Å². The Balaban J connectivity index is 1.10. The van der Waals surface area contributed by atoms with Crippen LogP contribution in [0, 0.1) is 35.0 Å². The van der Waals surface area contributed by atoms with Crippen molar-refractivity contribution < 1.29 is 41.3 Å². The van der Waals surface area contributed by atoms with Gasteiger partial charge in [-0.25, -0.2) is 26.9 Å². The molecule has 0 aliphatic carbocycles. The average molecular weight is 714 g/mol. The SMILES string of the molecule is C[C@@H]1[C@H](Cn2cnc3ccccc32)O[C@H](c2ccc(-c3cccc(CNC(=O)c4c(F)c(F)c(F)c(F)c4F)c3)cc2)O[C@@H]1c1ccc(CO)cc1. The molecule has 4 atom stereocenters. The van der Waals surface area contributed by atoms with Crippen LogP contribution in [0.4, 0.5) is 22.0 Å². The Morgan fingerprint density at radius 1 is 0.769 bits per heavy atom. The number of aliphatic hydroxyl groups excluding tert-OH is 1. The summed E-state index contributed by atoms with van der Waals surface area (Å²) in [6.07, 6.45) is 0.526. The molecule has 1 amide bonds. The van der Waals surface area contributed by atoms with E-state index in [1.807, 2.05) is 85.2 Å². The smallest absolute Gasteiger partial charge is 0.257 e. The van der Waals surface area contributed by atoms with Gasteiger partial charge in [-0.15, -0.1) is 0 Å². The van der Waals surface area contributed by atoms with Gasteiger partial charge in [0.25, 0.3) is 5.91 Å². The lowest BCUT2D eigenvalue weighted by Crippen LogP contribution is -2.39. The van der Waals surface area contributed by atoms with E-state index in [9.17, 15) is 31.9 Å². The lowest BCUT2D eigenvalue weighted by Gasteiger charge is -2.41. The molecule has 1 aliphatic heterocycles. The van der Waals surface area contributed by atoms with Gasteiger partial charge in [0.05, 0.1) is 42.7 Å². The van der Waals surface area contributed by atoms with Crippen LogP contribution in [-0.4, -0.2) is 26.7 Å². The van der Waals surface area contributed by atoms with Gasteiger partial charge in [0, 0.05) is 18.0 Å². The minimum Gasteiger partial charge on any atom is -0.392 e. The molecule has 7 nitrogen and oxygen atoms in total.